The van der Waals surface area contributed by atoms with Gasteiger partial charge in [0, 0.05) is 0 Å². The van der Waals surface area contributed by atoms with Gasteiger partial charge in [0.25, 0.3) is 0 Å². The summed E-state index contributed by atoms with van der Waals surface area (Å²) in [6.07, 6.45) is 7.73. The topological polar surface area (TPSA) is 51.4 Å². The molecule has 3 aromatic carbocycles. The molecule has 1 aliphatic rings. The number of allylic oxidation sites excluding steroid dienone is 2. The van der Waals surface area contributed by atoms with Crippen molar-refractivity contribution >= 4 is 29.8 Å². The van der Waals surface area contributed by atoms with Crippen molar-refractivity contribution in [2.45, 2.75) is 0 Å². The second-order valence-electron chi connectivity index (χ2n) is 6.00. The number of hydrogen-bond acceptors (Lipinski definition) is 1. The minimum Gasteiger partial charge on any atom is -0.687 e. The standard InChI is InChI=1S/C18H15P.C5H6N.C2H3O2.Pd/c1-4-10-16(11-5-1)19(17-12-6-2-7-13-17)18-14-8-3-9-15-18;1-2-4-6-5-3-1;1-2(3)4;/h1-15H;1-4H,5H2;1H2,(H,3,4);/q;2*-1;+2/p+1. The van der Waals surface area contributed by atoms with Crippen molar-refractivity contribution < 1.29 is 30.3 Å². The number of rotatable bonds is 3. The molecule has 0 atom stereocenters. The Balaban J connectivity index is 0.000000341. The number of nitrogens with zero attached hydrogens (tertiary/aromatic N) is 1. The van der Waals surface area contributed by atoms with Gasteiger partial charge >= 0.3 is 20.4 Å². The van der Waals surface area contributed by atoms with Gasteiger partial charge in [-0.15, -0.1) is 12.6 Å². The van der Waals surface area contributed by atoms with Crippen LogP contribution in [0.5, 0.6) is 0 Å². The van der Waals surface area contributed by atoms with Crippen molar-refractivity contribution in [2.24, 2.45) is 0 Å². The van der Waals surface area contributed by atoms with Crippen LogP contribution in [0.1, 0.15) is 0 Å². The largest absolute Gasteiger partial charge is 2.00 e. The van der Waals surface area contributed by atoms with Gasteiger partial charge in [-0.25, -0.2) is 0 Å². The molecule has 1 heterocycles. The van der Waals surface area contributed by atoms with E-state index in [0.29, 0.717) is 0 Å². The maximum Gasteiger partial charge on any atom is 2.00 e. The van der Waals surface area contributed by atoms with Gasteiger partial charge in [-0.2, -0.15) is 6.20 Å². The van der Waals surface area contributed by atoms with E-state index in [1.54, 1.807) is 6.20 Å². The number of benzene rings is 3. The quantitative estimate of drug-likeness (QED) is 0.321. The fraction of sp³-hybridized carbons (Fsp3) is 0.0400. The Hall–Kier alpha value is -2.63. The van der Waals surface area contributed by atoms with Gasteiger partial charge in [-0.1, -0.05) is 66.7 Å². The van der Waals surface area contributed by atoms with Gasteiger partial charge in [0.05, 0.1) is 7.92 Å². The maximum absolute atomic E-state index is 8.89. The van der Waals surface area contributed by atoms with Gasteiger partial charge in [-0.05, 0) is 36.4 Å². The summed E-state index contributed by atoms with van der Waals surface area (Å²) in [5, 5.41) is 15.5. The average Bonchev–Trinajstić information content (AvgIpc) is 2.78. The van der Waals surface area contributed by atoms with Crippen LogP contribution in [-0.2, 0) is 25.2 Å². The predicted octanol–water partition coefficient (Wildman–Crippen LogP) is 4.52. The SMILES string of the molecule is C1=CC[N-]C=C1.[CH2-]C(=O)O.[Pd+2].c1ccc([PH+](c2ccccc2)c2ccccc2)cc1. The van der Waals surface area contributed by atoms with Crippen molar-refractivity contribution in [2.75, 3.05) is 6.54 Å². The van der Waals surface area contributed by atoms with Crippen LogP contribution in [0, 0.1) is 6.92 Å². The zero-order valence-electron chi connectivity index (χ0n) is 16.5. The molecule has 0 bridgehead atoms. The first-order valence-electron chi connectivity index (χ1n) is 9.25. The summed E-state index contributed by atoms with van der Waals surface area (Å²) < 4.78 is 0. The molecule has 3 nitrogen and oxygen atoms in total. The molecule has 5 heteroatoms. The van der Waals surface area contributed by atoms with Crippen LogP contribution in [0.3, 0.4) is 0 Å². The summed E-state index contributed by atoms with van der Waals surface area (Å²) in [4.78, 5) is 8.89. The van der Waals surface area contributed by atoms with Gasteiger partial charge < -0.3 is 10.4 Å². The van der Waals surface area contributed by atoms with Crippen molar-refractivity contribution in [3.8, 4) is 0 Å². The smallest absolute Gasteiger partial charge is 0.687 e. The van der Waals surface area contributed by atoms with Crippen LogP contribution < -0.4 is 15.9 Å². The molecular formula is C25H25NO2PPd+. The van der Waals surface area contributed by atoms with Crippen LogP contribution in [-0.4, -0.2) is 17.6 Å². The summed E-state index contributed by atoms with van der Waals surface area (Å²) in [6.45, 7) is 3.41. The van der Waals surface area contributed by atoms with Gasteiger partial charge in [0.15, 0.2) is 5.97 Å². The molecule has 0 fully saturated rings. The first-order chi connectivity index (χ1) is 14.2. The first-order valence-corrected chi connectivity index (χ1v) is 10.7. The third-order valence-electron chi connectivity index (χ3n) is 3.84. The van der Waals surface area contributed by atoms with Gasteiger partial charge in [-0.3, -0.25) is 11.7 Å². The summed E-state index contributed by atoms with van der Waals surface area (Å²) in [5.74, 6) is -1.08. The van der Waals surface area contributed by atoms with Crippen LogP contribution in [0.4, 0.5) is 0 Å². The third-order valence-corrected chi connectivity index (χ3v) is 6.57. The molecule has 30 heavy (non-hydrogen) atoms. The van der Waals surface area contributed by atoms with E-state index in [9.17, 15) is 0 Å². The molecule has 156 valence electrons. The fourth-order valence-corrected chi connectivity index (χ4v) is 5.26. The van der Waals surface area contributed by atoms with Crippen molar-refractivity contribution in [3.05, 3.63) is 128 Å². The molecule has 4 rings (SSSR count). The Morgan fingerprint density at radius 1 is 0.767 bits per heavy atom. The van der Waals surface area contributed by atoms with E-state index in [4.69, 9.17) is 9.90 Å². The zero-order valence-corrected chi connectivity index (χ0v) is 19.1. The molecule has 1 aliphatic heterocycles. The Morgan fingerprint density at radius 2 is 1.13 bits per heavy atom. The predicted molar refractivity (Wildman–Crippen MR) is 126 cm³/mol. The fourth-order valence-electron chi connectivity index (χ4n) is 2.69. The Bertz CT molecular complexity index is 790. The first kappa shape index (κ1) is 25.4. The molecule has 0 unspecified atom stereocenters. The monoisotopic (exact) mass is 508 g/mol. The van der Waals surface area contributed by atoms with Crippen LogP contribution >= 0.6 is 7.92 Å². The second kappa shape index (κ2) is 15.2. The molecule has 0 aliphatic carbocycles. The van der Waals surface area contributed by atoms with E-state index in [1.165, 1.54) is 15.9 Å². The van der Waals surface area contributed by atoms with Gasteiger partial charge in [0.1, 0.15) is 15.9 Å². The van der Waals surface area contributed by atoms with E-state index in [0.717, 1.165) is 6.54 Å². The summed E-state index contributed by atoms with van der Waals surface area (Å²) >= 11 is 0. The third kappa shape index (κ3) is 9.72. The van der Waals surface area contributed by atoms with E-state index in [1.807, 2.05) is 18.2 Å². The van der Waals surface area contributed by atoms with Crippen LogP contribution in [0.15, 0.2) is 115 Å². The molecule has 3 aromatic rings. The maximum atomic E-state index is 8.89. The Labute approximate surface area is 194 Å². The average molecular weight is 509 g/mol. The normalized spacial score (nSPS) is 11.0. The molecule has 0 saturated carbocycles. The van der Waals surface area contributed by atoms with Crippen molar-refractivity contribution in [1.82, 2.24) is 0 Å². The molecule has 0 amide bonds. The van der Waals surface area contributed by atoms with E-state index < -0.39 is 13.9 Å². The van der Waals surface area contributed by atoms with E-state index in [-0.39, 0.29) is 20.4 Å². The molecule has 0 radical (unpaired) electrons. The van der Waals surface area contributed by atoms with Gasteiger partial charge in [0.2, 0.25) is 0 Å². The van der Waals surface area contributed by atoms with E-state index in [2.05, 4.69) is 103 Å². The second-order valence-corrected chi connectivity index (χ2v) is 8.48. The van der Waals surface area contributed by atoms with Crippen molar-refractivity contribution in [3.63, 3.8) is 0 Å². The summed E-state index contributed by atoms with van der Waals surface area (Å²) in [7, 11) is -0.877. The van der Waals surface area contributed by atoms with Crippen LogP contribution in [0.2, 0.25) is 0 Å². The van der Waals surface area contributed by atoms with E-state index >= 15 is 0 Å². The Morgan fingerprint density at radius 3 is 1.33 bits per heavy atom. The summed E-state index contributed by atoms with van der Waals surface area (Å²) in [5.41, 5.74) is 0. The number of carboxylic acid groups (broad SMARTS) is 1. The number of aliphatic carboxylic acids is 1. The molecule has 0 spiro atoms. The number of carbonyl (C=O) groups is 1. The zero-order chi connectivity index (χ0) is 20.7. The molecule has 0 aromatic heterocycles. The van der Waals surface area contributed by atoms with Crippen molar-refractivity contribution in [1.29, 1.82) is 0 Å². The number of hydrogen-bond donors (Lipinski definition) is 1. The minimum atomic E-state index is -1.08. The molecule has 0 saturated heterocycles. The number of carboxylic acids is 1. The summed E-state index contributed by atoms with van der Waals surface area (Å²) in [6, 6.07) is 32.5. The molecule has 1 N–H and O–H groups in total. The minimum absolute atomic E-state index is 0. The Kier molecular flexibility index (Phi) is 12.9. The molecular weight excluding hydrogens is 484 g/mol. The van der Waals surface area contributed by atoms with Crippen LogP contribution in [0.25, 0.3) is 5.32 Å².